The Kier molecular flexibility index (Phi) is 3.65. The summed E-state index contributed by atoms with van der Waals surface area (Å²) >= 11 is 6.13. The fourth-order valence-electron chi connectivity index (χ4n) is 2.49. The molecule has 2 fully saturated rings. The first-order valence-electron chi connectivity index (χ1n) is 6.80. The SMILES string of the molecule is O=C(O)N1CCC(Oc2ncnc(Cl)c2C2CC2)CC1. The average Bonchev–Trinajstić information content (AvgIpc) is 3.24. The first-order valence-corrected chi connectivity index (χ1v) is 7.18. The van der Waals surface area contributed by atoms with Crippen LogP contribution in [0.2, 0.25) is 5.15 Å². The van der Waals surface area contributed by atoms with E-state index >= 15 is 0 Å². The molecule has 1 N–H and O–H groups in total. The van der Waals surface area contributed by atoms with Crippen LogP contribution in [-0.2, 0) is 0 Å². The number of aromatic nitrogens is 2. The molecule has 108 valence electrons. The Morgan fingerprint density at radius 3 is 2.60 bits per heavy atom. The fraction of sp³-hybridized carbons (Fsp3) is 0.615. The Balaban J connectivity index is 1.67. The van der Waals surface area contributed by atoms with Crippen molar-refractivity contribution in [1.82, 2.24) is 14.9 Å². The zero-order chi connectivity index (χ0) is 14.1. The van der Waals surface area contributed by atoms with E-state index in [-0.39, 0.29) is 6.10 Å². The third-order valence-electron chi connectivity index (χ3n) is 3.78. The Hall–Kier alpha value is -1.56. The molecule has 0 unspecified atom stereocenters. The molecule has 0 spiro atoms. The average molecular weight is 298 g/mol. The lowest BCUT2D eigenvalue weighted by molar-refractivity contribution is 0.0864. The predicted octanol–water partition coefficient (Wildman–Crippen LogP) is 2.53. The van der Waals surface area contributed by atoms with E-state index < -0.39 is 6.09 Å². The molecule has 1 aliphatic carbocycles. The van der Waals surface area contributed by atoms with Crippen LogP contribution in [-0.4, -0.2) is 45.3 Å². The maximum absolute atomic E-state index is 10.9. The highest BCUT2D eigenvalue weighted by Gasteiger charge is 2.32. The van der Waals surface area contributed by atoms with Gasteiger partial charge in [0.25, 0.3) is 0 Å². The molecule has 1 saturated heterocycles. The zero-order valence-corrected chi connectivity index (χ0v) is 11.7. The van der Waals surface area contributed by atoms with Crippen LogP contribution in [0.3, 0.4) is 0 Å². The Morgan fingerprint density at radius 2 is 2.00 bits per heavy atom. The van der Waals surface area contributed by atoms with E-state index in [0.717, 1.165) is 18.4 Å². The van der Waals surface area contributed by atoms with Crippen molar-refractivity contribution in [2.45, 2.75) is 37.7 Å². The van der Waals surface area contributed by atoms with E-state index in [4.69, 9.17) is 21.4 Å². The van der Waals surface area contributed by atoms with Crippen LogP contribution in [0, 0.1) is 0 Å². The first-order chi connectivity index (χ1) is 9.65. The standard InChI is InChI=1S/C13H16ClN3O3/c14-11-10(8-1-2-8)12(16-7-15-11)20-9-3-5-17(6-4-9)13(18)19/h7-9H,1-6H2,(H,18,19). The number of amides is 1. The summed E-state index contributed by atoms with van der Waals surface area (Å²) in [4.78, 5) is 20.5. The largest absolute Gasteiger partial charge is 0.474 e. The maximum Gasteiger partial charge on any atom is 0.407 e. The van der Waals surface area contributed by atoms with Gasteiger partial charge in [-0.2, -0.15) is 0 Å². The third kappa shape index (κ3) is 2.80. The maximum atomic E-state index is 10.9. The molecule has 20 heavy (non-hydrogen) atoms. The van der Waals surface area contributed by atoms with Gasteiger partial charge >= 0.3 is 6.09 Å². The Bertz CT molecular complexity index is 514. The molecule has 1 aromatic rings. The lowest BCUT2D eigenvalue weighted by Gasteiger charge is -2.30. The van der Waals surface area contributed by atoms with Crippen molar-refractivity contribution in [1.29, 1.82) is 0 Å². The van der Waals surface area contributed by atoms with Gasteiger partial charge < -0.3 is 14.7 Å². The van der Waals surface area contributed by atoms with Crippen LogP contribution in [0.1, 0.15) is 37.2 Å². The predicted molar refractivity (Wildman–Crippen MR) is 72.3 cm³/mol. The smallest absolute Gasteiger partial charge is 0.407 e. The summed E-state index contributed by atoms with van der Waals surface area (Å²) in [5.41, 5.74) is 0.912. The summed E-state index contributed by atoms with van der Waals surface area (Å²) in [6.45, 7) is 0.995. The molecule has 2 heterocycles. The van der Waals surface area contributed by atoms with Crippen LogP contribution < -0.4 is 4.74 Å². The molecule has 0 radical (unpaired) electrons. The highest BCUT2D eigenvalue weighted by Crippen LogP contribution is 2.46. The number of nitrogens with zero attached hydrogens (tertiary/aromatic N) is 3. The minimum Gasteiger partial charge on any atom is -0.474 e. The second kappa shape index (κ2) is 5.44. The van der Waals surface area contributed by atoms with Crippen LogP contribution in [0.25, 0.3) is 0 Å². The molecule has 1 saturated carbocycles. The molecular weight excluding hydrogens is 282 g/mol. The normalized spacial score (nSPS) is 19.9. The number of likely N-dealkylation sites (tertiary alicyclic amines) is 1. The van der Waals surface area contributed by atoms with E-state index in [1.165, 1.54) is 11.2 Å². The van der Waals surface area contributed by atoms with Gasteiger partial charge in [-0.15, -0.1) is 0 Å². The molecule has 0 atom stereocenters. The number of halogens is 1. The van der Waals surface area contributed by atoms with Gasteiger partial charge in [-0.25, -0.2) is 14.8 Å². The van der Waals surface area contributed by atoms with Gasteiger partial charge in [-0.05, 0) is 18.8 Å². The molecule has 0 aromatic carbocycles. The third-order valence-corrected chi connectivity index (χ3v) is 4.08. The molecule has 0 bridgehead atoms. The van der Waals surface area contributed by atoms with Gasteiger partial charge in [-0.3, -0.25) is 0 Å². The molecule has 1 amide bonds. The number of carbonyl (C=O) groups is 1. The van der Waals surface area contributed by atoms with Crippen molar-refractivity contribution in [3.63, 3.8) is 0 Å². The van der Waals surface area contributed by atoms with Gasteiger partial charge in [0.15, 0.2) is 0 Å². The van der Waals surface area contributed by atoms with Gasteiger partial charge in [0.2, 0.25) is 5.88 Å². The molecular formula is C13H16ClN3O3. The van der Waals surface area contributed by atoms with Gasteiger partial charge in [0.1, 0.15) is 17.6 Å². The summed E-state index contributed by atoms with van der Waals surface area (Å²) in [5.74, 6) is 0.985. The second-order valence-electron chi connectivity index (χ2n) is 5.24. The zero-order valence-electron chi connectivity index (χ0n) is 11.0. The minimum absolute atomic E-state index is 0.00549. The molecule has 3 rings (SSSR count). The summed E-state index contributed by atoms with van der Waals surface area (Å²) in [6, 6.07) is 0. The van der Waals surface area contributed by atoms with E-state index in [9.17, 15) is 4.79 Å². The van der Waals surface area contributed by atoms with E-state index in [1.54, 1.807) is 0 Å². The number of hydrogen-bond acceptors (Lipinski definition) is 4. The molecule has 1 aliphatic heterocycles. The van der Waals surface area contributed by atoms with Crippen LogP contribution in [0.4, 0.5) is 4.79 Å². The molecule has 1 aromatic heterocycles. The highest BCUT2D eigenvalue weighted by atomic mass is 35.5. The highest BCUT2D eigenvalue weighted by molar-refractivity contribution is 6.30. The first kappa shape index (κ1) is 13.4. The van der Waals surface area contributed by atoms with Crippen molar-refractivity contribution in [3.05, 3.63) is 17.0 Å². The van der Waals surface area contributed by atoms with E-state index in [1.807, 2.05) is 0 Å². The lowest BCUT2D eigenvalue weighted by Crippen LogP contribution is -2.41. The second-order valence-corrected chi connectivity index (χ2v) is 5.60. The van der Waals surface area contributed by atoms with Crippen molar-refractivity contribution < 1.29 is 14.6 Å². The monoisotopic (exact) mass is 297 g/mol. The number of piperidine rings is 1. The fourth-order valence-corrected chi connectivity index (χ4v) is 2.77. The molecule has 6 nitrogen and oxygen atoms in total. The Labute approximate surface area is 121 Å². The number of rotatable bonds is 3. The Morgan fingerprint density at radius 1 is 1.30 bits per heavy atom. The van der Waals surface area contributed by atoms with Crippen LogP contribution >= 0.6 is 11.6 Å². The number of hydrogen-bond donors (Lipinski definition) is 1. The topological polar surface area (TPSA) is 75.5 Å². The van der Waals surface area contributed by atoms with Crippen molar-refractivity contribution in [2.24, 2.45) is 0 Å². The van der Waals surface area contributed by atoms with E-state index in [0.29, 0.717) is 42.9 Å². The summed E-state index contributed by atoms with van der Waals surface area (Å²) in [6.07, 6.45) is 4.09. The van der Waals surface area contributed by atoms with Crippen LogP contribution in [0.15, 0.2) is 6.33 Å². The van der Waals surface area contributed by atoms with Crippen LogP contribution in [0.5, 0.6) is 5.88 Å². The lowest BCUT2D eigenvalue weighted by atomic mass is 10.1. The van der Waals surface area contributed by atoms with Gasteiger partial charge in [-0.1, -0.05) is 11.6 Å². The summed E-state index contributed by atoms with van der Waals surface area (Å²) in [5, 5.41) is 9.40. The van der Waals surface area contributed by atoms with E-state index in [2.05, 4.69) is 9.97 Å². The van der Waals surface area contributed by atoms with Crippen molar-refractivity contribution >= 4 is 17.7 Å². The quantitative estimate of drug-likeness (QED) is 0.868. The number of ether oxygens (including phenoxy) is 1. The molecule has 2 aliphatic rings. The van der Waals surface area contributed by atoms with Crippen molar-refractivity contribution in [3.8, 4) is 5.88 Å². The summed E-state index contributed by atoms with van der Waals surface area (Å²) < 4.78 is 5.94. The van der Waals surface area contributed by atoms with Gasteiger partial charge in [0.05, 0.1) is 5.56 Å². The van der Waals surface area contributed by atoms with Crippen molar-refractivity contribution in [2.75, 3.05) is 13.1 Å². The molecule has 7 heteroatoms. The van der Waals surface area contributed by atoms with Gasteiger partial charge in [0, 0.05) is 25.9 Å². The number of carboxylic acid groups (broad SMARTS) is 1. The minimum atomic E-state index is -0.868. The summed E-state index contributed by atoms with van der Waals surface area (Å²) in [7, 11) is 0.